The van der Waals surface area contributed by atoms with Crippen LogP contribution in [0.3, 0.4) is 0 Å². The van der Waals surface area contributed by atoms with Crippen LogP contribution in [0.15, 0.2) is 35.9 Å². The number of hydroxylamine groups is 1. The lowest BCUT2D eigenvalue weighted by molar-refractivity contribution is -0.135. The Balaban J connectivity index is 1.28. The number of aryl methyl sites for hydroxylation is 1. The fraction of sp³-hybridized carbons (Fsp3) is 0.577. The Hall–Kier alpha value is -2.56. The highest BCUT2D eigenvalue weighted by molar-refractivity contribution is 5.78. The van der Waals surface area contributed by atoms with E-state index in [4.69, 9.17) is 14.7 Å². The molecule has 174 valence electrons. The number of ether oxygens (including phenoxy) is 2. The second-order valence-corrected chi connectivity index (χ2v) is 8.99. The molecule has 3 rings (SSSR count). The number of carbonyl (C=O) groups is 1. The monoisotopic (exact) mass is 441 g/mol. The number of hydrogen-bond donors (Lipinski definition) is 2. The van der Waals surface area contributed by atoms with Crippen molar-refractivity contribution in [3.8, 4) is 11.5 Å². The molecule has 1 heterocycles. The fourth-order valence-corrected chi connectivity index (χ4v) is 4.69. The number of hydrogen-bond acceptors (Lipinski definition) is 5. The second-order valence-electron chi connectivity index (χ2n) is 8.99. The number of unbranched alkanes of at least 4 members (excludes halogenated alkanes) is 4. The van der Waals surface area contributed by atoms with Gasteiger partial charge in [-0.2, -0.15) is 0 Å². The van der Waals surface area contributed by atoms with Crippen LogP contribution in [0.1, 0.15) is 70.3 Å². The van der Waals surface area contributed by atoms with E-state index in [0.29, 0.717) is 13.2 Å². The van der Waals surface area contributed by atoms with Crippen LogP contribution in [0.25, 0.3) is 0 Å². The van der Waals surface area contributed by atoms with Crippen LogP contribution >= 0.6 is 0 Å². The number of allylic oxidation sites excluding steroid dienone is 3. The summed E-state index contributed by atoms with van der Waals surface area (Å²) in [5.74, 6) is 3.72. The van der Waals surface area contributed by atoms with Crippen molar-refractivity contribution in [1.82, 2.24) is 5.48 Å². The Morgan fingerprint density at radius 3 is 2.75 bits per heavy atom. The molecule has 3 unspecified atom stereocenters. The summed E-state index contributed by atoms with van der Waals surface area (Å²) >= 11 is 0. The summed E-state index contributed by atoms with van der Waals surface area (Å²) in [5, 5.41) is 8.93. The van der Waals surface area contributed by atoms with E-state index in [-0.39, 0.29) is 23.7 Å². The van der Waals surface area contributed by atoms with Gasteiger partial charge in [0.1, 0.15) is 5.94 Å². The molecule has 0 spiro atoms. The first-order chi connectivity index (χ1) is 15.6. The normalized spacial score (nSPS) is 21.2. The average molecular weight is 442 g/mol. The summed E-state index contributed by atoms with van der Waals surface area (Å²) in [5.41, 5.74) is 3.84. The summed E-state index contributed by atoms with van der Waals surface area (Å²) in [6, 6.07) is 6.07. The maximum absolute atomic E-state index is 11.8. The first-order valence-electron chi connectivity index (χ1n) is 11.8. The summed E-state index contributed by atoms with van der Waals surface area (Å²) in [6.07, 6.45) is 13.8. The van der Waals surface area contributed by atoms with E-state index in [9.17, 15) is 9.59 Å². The number of amides is 1. The number of benzene rings is 1. The fourth-order valence-electron chi connectivity index (χ4n) is 4.69. The Labute approximate surface area is 190 Å². The molecular weight excluding hydrogens is 406 g/mol. The molecule has 6 heteroatoms. The largest absolute Gasteiger partial charge is 0.454 e. The lowest BCUT2D eigenvalue weighted by atomic mass is 9.77. The summed E-state index contributed by atoms with van der Waals surface area (Å²) in [7, 11) is 0. The Bertz CT molecular complexity index is 843. The van der Waals surface area contributed by atoms with E-state index in [2.05, 4.69) is 18.1 Å². The van der Waals surface area contributed by atoms with Crippen LogP contribution in [0.5, 0.6) is 11.5 Å². The molecular formula is C26H35NO5. The van der Waals surface area contributed by atoms with Crippen LogP contribution in [0.4, 0.5) is 0 Å². The van der Waals surface area contributed by atoms with Gasteiger partial charge in [-0.1, -0.05) is 50.5 Å². The molecule has 32 heavy (non-hydrogen) atoms. The number of para-hydroxylation sites is 1. The summed E-state index contributed by atoms with van der Waals surface area (Å²) in [4.78, 5) is 23.2. The van der Waals surface area contributed by atoms with Crippen LogP contribution in [0.2, 0.25) is 0 Å². The number of nitrogens with one attached hydrogen (secondary N) is 1. The number of fused-ring (bicyclic) bond motifs is 1. The number of carbonyl (C=O) groups excluding carboxylic acids is 2. The van der Waals surface area contributed by atoms with Gasteiger partial charge in [0.15, 0.2) is 11.5 Å². The van der Waals surface area contributed by atoms with E-state index in [1.54, 1.807) is 5.48 Å². The van der Waals surface area contributed by atoms with Crippen molar-refractivity contribution in [2.75, 3.05) is 6.79 Å². The number of rotatable bonds is 12. The zero-order valence-electron chi connectivity index (χ0n) is 19.0. The molecule has 2 aliphatic rings. The van der Waals surface area contributed by atoms with Gasteiger partial charge in [-0.15, -0.1) is 0 Å². The molecule has 0 saturated carbocycles. The van der Waals surface area contributed by atoms with Crippen molar-refractivity contribution in [1.29, 1.82) is 0 Å². The van der Waals surface area contributed by atoms with Gasteiger partial charge in [-0.25, -0.2) is 10.3 Å². The molecule has 0 bridgehead atoms. The lowest BCUT2D eigenvalue weighted by Crippen LogP contribution is -2.34. The second kappa shape index (κ2) is 12.5. The van der Waals surface area contributed by atoms with Gasteiger partial charge in [-0.05, 0) is 68.4 Å². The van der Waals surface area contributed by atoms with Crippen molar-refractivity contribution in [2.45, 2.75) is 71.1 Å². The van der Waals surface area contributed by atoms with Gasteiger partial charge in [0, 0.05) is 11.5 Å². The first kappa shape index (κ1) is 24.1. The molecule has 3 atom stereocenters. The predicted octanol–water partition coefficient (Wildman–Crippen LogP) is 5.17. The lowest BCUT2D eigenvalue weighted by Gasteiger charge is -2.28. The standard InChI is InChI=1S/C26H35NO5/c1-19-12-13-20(16-23(19)26(29)27-30)14-15-21(17-28)8-5-3-2-4-6-9-22-10-7-11-24-25(22)32-18-31-24/h7,10-13,19-20,23,30H,2-6,8-9,14-16,18H2,1H3,(H,27,29). The third-order valence-electron chi connectivity index (χ3n) is 6.69. The molecule has 2 N–H and O–H groups in total. The van der Waals surface area contributed by atoms with E-state index in [1.807, 2.05) is 25.1 Å². The smallest absolute Gasteiger partial charge is 0.247 e. The SMILES string of the molecule is CC1C=CC(CCC(=C=O)CCCCCCCc2cccc3c2OCO3)CC1C(=O)NO. The van der Waals surface area contributed by atoms with Crippen molar-refractivity contribution in [2.24, 2.45) is 17.8 Å². The van der Waals surface area contributed by atoms with E-state index in [1.165, 1.54) is 5.56 Å². The third-order valence-corrected chi connectivity index (χ3v) is 6.69. The zero-order chi connectivity index (χ0) is 22.8. The Morgan fingerprint density at radius 2 is 1.94 bits per heavy atom. The minimum Gasteiger partial charge on any atom is -0.454 e. The molecule has 1 aliphatic carbocycles. The van der Waals surface area contributed by atoms with Gasteiger partial charge in [-0.3, -0.25) is 10.0 Å². The van der Waals surface area contributed by atoms with Crippen LogP contribution in [-0.4, -0.2) is 23.8 Å². The van der Waals surface area contributed by atoms with Crippen molar-refractivity contribution < 1.29 is 24.3 Å². The van der Waals surface area contributed by atoms with Gasteiger partial charge < -0.3 is 9.47 Å². The molecule has 1 aliphatic heterocycles. The maximum atomic E-state index is 11.8. The zero-order valence-corrected chi connectivity index (χ0v) is 19.0. The van der Waals surface area contributed by atoms with Crippen LogP contribution in [0, 0.1) is 17.8 Å². The highest BCUT2D eigenvalue weighted by atomic mass is 16.7. The molecule has 0 fully saturated rings. The summed E-state index contributed by atoms with van der Waals surface area (Å²) < 4.78 is 11.0. The quantitative estimate of drug-likeness (QED) is 0.154. The van der Waals surface area contributed by atoms with Gasteiger partial charge in [0.25, 0.3) is 0 Å². The van der Waals surface area contributed by atoms with Gasteiger partial charge in [0.05, 0.1) is 0 Å². The van der Waals surface area contributed by atoms with Crippen molar-refractivity contribution in [3.63, 3.8) is 0 Å². The Kier molecular flexibility index (Phi) is 9.39. The minimum absolute atomic E-state index is 0.114. The average Bonchev–Trinajstić information content (AvgIpc) is 3.30. The van der Waals surface area contributed by atoms with Crippen molar-refractivity contribution >= 4 is 11.8 Å². The van der Waals surface area contributed by atoms with Gasteiger partial charge in [0.2, 0.25) is 12.7 Å². The molecule has 0 saturated heterocycles. The topological polar surface area (TPSA) is 84.9 Å². The van der Waals surface area contributed by atoms with E-state index in [0.717, 1.165) is 74.9 Å². The first-order valence-corrected chi connectivity index (χ1v) is 11.8. The van der Waals surface area contributed by atoms with Crippen molar-refractivity contribution in [3.05, 3.63) is 41.5 Å². The highest BCUT2D eigenvalue weighted by Gasteiger charge is 2.29. The molecule has 0 aromatic heterocycles. The minimum atomic E-state index is -0.324. The van der Waals surface area contributed by atoms with Crippen LogP contribution in [-0.2, 0) is 16.0 Å². The summed E-state index contributed by atoms with van der Waals surface area (Å²) in [6.45, 7) is 2.30. The Morgan fingerprint density at radius 1 is 1.12 bits per heavy atom. The van der Waals surface area contributed by atoms with E-state index >= 15 is 0 Å². The third kappa shape index (κ3) is 6.72. The van der Waals surface area contributed by atoms with E-state index < -0.39 is 0 Å². The molecule has 0 radical (unpaired) electrons. The molecule has 1 aromatic carbocycles. The molecule has 1 aromatic rings. The molecule has 1 amide bonds. The predicted molar refractivity (Wildman–Crippen MR) is 122 cm³/mol. The highest BCUT2D eigenvalue weighted by Crippen LogP contribution is 2.36. The van der Waals surface area contributed by atoms with Crippen LogP contribution < -0.4 is 15.0 Å². The van der Waals surface area contributed by atoms with Gasteiger partial charge >= 0.3 is 0 Å². The maximum Gasteiger partial charge on any atom is 0.247 e. The molecule has 6 nitrogen and oxygen atoms in total.